The van der Waals surface area contributed by atoms with Crippen LogP contribution in [-0.4, -0.2) is 6.71 Å². The van der Waals surface area contributed by atoms with Gasteiger partial charge < -0.3 is 0 Å². The summed E-state index contributed by atoms with van der Waals surface area (Å²) in [5.74, 6) is 0. The molecule has 0 bridgehead atoms. The Bertz CT molecular complexity index is 1720. The Morgan fingerprint density at radius 1 is 0.375 bits per heavy atom. The Labute approximate surface area is 288 Å². The number of hydrogen-bond donors (Lipinski definition) is 0. The van der Waals surface area contributed by atoms with E-state index >= 15 is 0 Å². The quantitative estimate of drug-likeness (QED) is 0.106. The van der Waals surface area contributed by atoms with E-state index in [4.69, 9.17) is 0 Å². The number of unbranched alkanes of at least 4 members (excludes halogenated alkanes) is 1. The van der Waals surface area contributed by atoms with Crippen molar-refractivity contribution in [1.29, 1.82) is 0 Å². The van der Waals surface area contributed by atoms with Crippen molar-refractivity contribution in [1.82, 2.24) is 0 Å². The van der Waals surface area contributed by atoms with Gasteiger partial charge in [0.25, 0.3) is 0 Å². The Kier molecular flexibility index (Phi) is 11.5. The van der Waals surface area contributed by atoms with E-state index in [2.05, 4.69) is 213 Å². The highest BCUT2D eigenvalue weighted by Gasteiger charge is 2.47. The number of benzene rings is 7. The molecule has 7 aromatic rings. The zero-order valence-electron chi connectivity index (χ0n) is 27.8. The molecule has 2 heteroatoms. The third-order valence-corrected chi connectivity index (χ3v) is 13.3. The van der Waals surface area contributed by atoms with Crippen LogP contribution in [-0.2, 0) is 6.42 Å². The van der Waals surface area contributed by atoms with Crippen LogP contribution in [0.1, 0.15) is 25.3 Å². The van der Waals surface area contributed by atoms with E-state index in [0.29, 0.717) is 6.71 Å². The molecule has 234 valence electrons. The average molecular weight is 638 g/mol. The number of hydrogen-bond acceptors (Lipinski definition) is 0. The number of rotatable bonds is 10. The molecule has 0 aliphatic carbocycles. The lowest BCUT2D eigenvalue weighted by Crippen LogP contribution is -2.53. The van der Waals surface area contributed by atoms with Crippen LogP contribution in [0.3, 0.4) is 0 Å². The van der Waals surface area contributed by atoms with Gasteiger partial charge in [-0.05, 0) is 61.4 Å². The maximum absolute atomic E-state index is 2.30. The summed E-state index contributed by atoms with van der Waals surface area (Å²) in [6, 6.07) is 74.5. The molecule has 0 saturated carbocycles. The van der Waals surface area contributed by atoms with Crippen molar-refractivity contribution in [2.75, 3.05) is 0 Å². The topological polar surface area (TPSA) is 0 Å². The summed E-state index contributed by atoms with van der Waals surface area (Å²) in [6.07, 6.45) is 3.63. The summed E-state index contributed by atoms with van der Waals surface area (Å²) in [7, 11) is -1.91. The third-order valence-electron chi connectivity index (χ3n) is 9.01. The molecule has 0 N–H and O–H groups in total. The second kappa shape index (κ2) is 16.7. The Morgan fingerprint density at radius 3 is 1.04 bits per heavy atom. The highest BCUT2D eigenvalue weighted by Crippen LogP contribution is 2.53. The normalized spacial score (nSPS) is 10.9. The van der Waals surface area contributed by atoms with Gasteiger partial charge in [0.15, 0.2) is 0 Å². The standard InChI is InChI=1S/C24H20P.C22H23B/c1-5-13-21(14-6-1)25(22-15-7-2-8-16-22,23-17-9-3-10-18-23)24-19-11-4-12-20-24;1-2-3-12-19-13-10-11-18-22(19)23(20-14-6-4-7-15-20)21-16-8-5-9-17-21/h1-20H;4-11,13-18H,2-3,12H2,1H3/q+1;. The highest BCUT2D eigenvalue weighted by molar-refractivity contribution is 8.01. The van der Waals surface area contributed by atoms with Gasteiger partial charge in [-0.3, -0.25) is 0 Å². The minimum Gasteiger partial charge on any atom is -0.0687 e. The van der Waals surface area contributed by atoms with E-state index in [0.717, 1.165) is 6.42 Å². The minimum absolute atomic E-state index is 0.311. The molecule has 0 heterocycles. The van der Waals surface area contributed by atoms with Gasteiger partial charge in [-0.2, -0.15) is 0 Å². The maximum atomic E-state index is 2.30. The molecule has 0 amide bonds. The lowest BCUT2D eigenvalue weighted by Gasteiger charge is -2.27. The molecule has 0 saturated heterocycles. The lowest BCUT2D eigenvalue weighted by atomic mass is 9.36. The van der Waals surface area contributed by atoms with Crippen molar-refractivity contribution in [3.63, 3.8) is 0 Å². The fraction of sp³-hybridized carbons (Fsp3) is 0.0870. The molecule has 0 radical (unpaired) electrons. The molecule has 0 nitrogen and oxygen atoms in total. The molecule has 0 fully saturated rings. The first-order valence-electron chi connectivity index (χ1n) is 17.1. The van der Waals surface area contributed by atoms with Crippen LogP contribution in [0, 0.1) is 0 Å². The van der Waals surface area contributed by atoms with E-state index in [9.17, 15) is 0 Å². The molecule has 0 spiro atoms. The Balaban J connectivity index is 0.000000168. The van der Waals surface area contributed by atoms with Crippen LogP contribution in [0.25, 0.3) is 0 Å². The van der Waals surface area contributed by atoms with E-state index in [1.807, 2.05) is 0 Å². The minimum atomic E-state index is -1.91. The molecule has 0 aliphatic rings. The summed E-state index contributed by atoms with van der Waals surface area (Å²) in [5, 5.41) is 5.55. The molecule has 0 unspecified atom stereocenters. The van der Waals surface area contributed by atoms with Crippen molar-refractivity contribution >= 4 is 51.6 Å². The van der Waals surface area contributed by atoms with Crippen LogP contribution in [0.15, 0.2) is 206 Å². The molecule has 7 rings (SSSR count). The van der Waals surface area contributed by atoms with Gasteiger partial charge in [-0.25, -0.2) is 0 Å². The SMILES string of the molecule is CCCCc1ccccc1B(c1ccccc1)c1ccccc1.c1ccc([P+](c2ccccc2)(c2ccccc2)c2ccccc2)cc1. The van der Waals surface area contributed by atoms with Crippen LogP contribution in [0.5, 0.6) is 0 Å². The summed E-state index contributed by atoms with van der Waals surface area (Å²) < 4.78 is 0. The second-order valence-corrected chi connectivity index (χ2v) is 15.5. The maximum Gasteiger partial charge on any atom is 0.241 e. The van der Waals surface area contributed by atoms with Crippen LogP contribution in [0.4, 0.5) is 0 Å². The van der Waals surface area contributed by atoms with Crippen molar-refractivity contribution in [2.45, 2.75) is 26.2 Å². The smallest absolute Gasteiger partial charge is 0.0687 e. The van der Waals surface area contributed by atoms with Gasteiger partial charge in [-0.1, -0.05) is 193 Å². The van der Waals surface area contributed by atoms with Crippen molar-refractivity contribution in [3.05, 3.63) is 212 Å². The molecule has 0 aliphatic heterocycles. The third kappa shape index (κ3) is 7.44. The van der Waals surface area contributed by atoms with Crippen molar-refractivity contribution in [2.24, 2.45) is 0 Å². The summed E-state index contributed by atoms with van der Waals surface area (Å²) in [6.45, 7) is 2.57. The van der Waals surface area contributed by atoms with E-state index in [1.165, 1.54) is 56.0 Å². The fourth-order valence-corrected chi connectivity index (χ4v) is 11.0. The van der Waals surface area contributed by atoms with Gasteiger partial charge >= 0.3 is 0 Å². The largest absolute Gasteiger partial charge is 0.241 e. The average Bonchev–Trinajstić information content (AvgIpc) is 3.18. The molecule has 0 atom stereocenters. The molecule has 0 aromatic heterocycles. The van der Waals surface area contributed by atoms with Crippen molar-refractivity contribution < 1.29 is 0 Å². The van der Waals surface area contributed by atoms with Gasteiger partial charge in [-0.15, -0.1) is 0 Å². The zero-order valence-corrected chi connectivity index (χ0v) is 28.7. The van der Waals surface area contributed by atoms with Crippen LogP contribution < -0.4 is 37.6 Å². The molecule has 48 heavy (non-hydrogen) atoms. The van der Waals surface area contributed by atoms with Gasteiger partial charge in [0.1, 0.15) is 28.5 Å². The van der Waals surface area contributed by atoms with Crippen LogP contribution >= 0.6 is 7.26 Å². The van der Waals surface area contributed by atoms with Gasteiger partial charge in [0.05, 0.1) is 0 Å². The van der Waals surface area contributed by atoms with E-state index in [-0.39, 0.29) is 0 Å². The fourth-order valence-electron chi connectivity index (χ4n) is 6.75. The highest BCUT2D eigenvalue weighted by atomic mass is 31.2. The van der Waals surface area contributed by atoms with Crippen molar-refractivity contribution in [3.8, 4) is 0 Å². The summed E-state index contributed by atoms with van der Waals surface area (Å²) in [5.41, 5.74) is 5.65. The lowest BCUT2D eigenvalue weighted by molar-refractivity contribution is 0.798. The molecule has 7 aromatic carbocycles. The first kappa shape index (κ1) is 33.0. The Morgan fingerprint density at radius 2 is 0.688 bits per heavy atom. The Hall–Kier alpha value is -4.97. The first-order chi connectivity index (χ1) is 23.8. The van der Waals surface area contributed by atoms with Gasteiger partial charge in [0, 0.05) is 0 Å². The van der Waals surface area contributed by atoms with E-state index < -0.39 is 7.26 Å². The summed E-state index contributed by atoms with van der Waals surface area (Å²) in [4.78, 5) is 0. The molecular formula is C46H43BP+. The van der Waals surface area contributed by atoms with E-state index in [1.54, 1.807) is 0 Å². The first-order valence-corrected chi connectivity index (χ1v) is 18.9. The monoisotopic (exact) mass is 637 g/mol. The predicted octanol–water partition coefficient (Wildman–Crippen LogP) is 7.85. The summed E-state index contributed by atoms with van der Waals surface area (Å²) >= 11 is 0. The van der Waals surface area contributed by atoms with Gasteiger partial charge in [0.2, 0.25) is 6.71 Å². The van der Waals surface area contributed by atoms with Crippen LogP contribution in [0.2, 0.25) is 0 Å². The number of aryl methyl sites for hydroxylation is 1. The predicted molar refractivity (Wildman–Crippen MR) is 214 cm³/mol. The zero-order chi connectivity index (χ0) is 32.9. The molecular weight excluding hydrogens is 594 g/mol. The second-order valence-electron chi connectivity index (χ2n) is 12.1.